The highest BCUT2D eigenvalue weighted by Crippen LogP contribution is 2.28. The minimum Gasteiger partial charge on any atom is -0.465 e. The predicted octanol–water partition coefficient (Wildman–Crippen LogP) is 2.38. The first-order valence-corrected chi connectivity index (χ1v) is 11.6. The van der Waals surface area contributed by atoms with Crippen LogP contribution in [0.4, 0.5) is 4.79 Å². The van der Waals surface area contributed by atoms with Gasteiger partial charge in [0.1, 0.15) is 12.1 Å². The lowest BCUT2D eigenvalue weighted by Gasteiger charge is -2.34. The van der Waals surface area contributed by atoms with Gasteiger partial charge in [-0.1, -0.05) is 45.0 Å². The van der Waals surface area contributed by atoms with E-state index < -0.39 is 35.6 Å². The molecule has 0 bridgehead atoms. The number of carboxylic acid groups (broad SMARTS) is 1. The van der Waals surface area contributed by atoms with E-state index >= 15 is 0 Å². The van der Waals surface area contributed by atoms with E-state index in [-0.39, 0.29) is 25.4 Å². The molecule has 0 radical (unpaired) electrons. The van der Waals surface area contributed by atoms with Crippen molar-refractivity contribution in [1.82, 2.24) is 20.5 Å². The summed E-state index contributed by atoms with van der Waals surface area (Å²) in [7, 11) is 0. The number of β-amino-alcohol motifs (C(OH)–C–C–N with tert-alkyl or cyclic N) is 1. The molecule has 33 heavy (non-hydrogen) atoms. The highest BCUT2D eigenvalue weighted by atomic mass is 32.1. The summed E-state index contributed by atoms with van der Waals surface area (Å²) in [6.45, 7) is 7.43. The number of likely N-dealkylation sites (tertiary alicyclic amines) is 1. The van der Waals surface area contributed by atoms with Crippen LogP contribution in [0.5, 0.6) is 0 Å². The van der Waals surface area contributed by atoms with Crippen LogP contribution in [-0.2, 0) is 16.1 Å². The molecule has 10 heteroatoms. The van der Waals surface area contributed by atoms with Crippen molar-refractivity contribution in [3.63, 3.8) is 0 Å². The van der Waals surface area contributed by atoms with E-state index in [1.165, 1.54) is 4.90 Å². The van der Waals surface area contributed by atoms with E-state index in [0.29, 0.717) is 0 Å². The second kappa shape index (κ2) is 9.88. The van der Waals surface area contributed by atoms with Gasteiger partial charge in [0.25, 0.3) is 0 Å². The van der Waals surface area contributed by atoms with Gasteiger partial charge in [0.05, 0.1) is 22.2 Å². The predicted molar refractivity (Wildman–Crippen MR) is 125 cm³/mol. The number of hydrogen-bond acceptors (Lipinski definition) is 6. The van der Waals surface area contributed by atoms with Gasteiger partial charge >= 0.3 is 6.09 Å². The van der Waals surface area contributed by atoms with E-state index in [4.69, 9.17) is 5.11 Å². The minimum atomic E-state index is -1.32. The van der Waals surface area contributed by atoms with Gasteiger partial charge in [0, 0.05) is 19.5 Å². The molecule has 3 rings (SSSR count). The summed E-state index contributed by atoms with van der Waals surface area (Å²) in [4.78, 5) is 43.9. The van der Waals surface area contributed by atoms with E-state index in [1.54, 1.807) is 37.6 Å². The van der Waals surface area contributed by atoms with Crippen LogP contribution in [-0.4, -0.2) is 62.7 Å². The number of aliphatic hydroxyl groups excluding tert-OH is 1. The molecule has 9 nitrogen and oxygen atoms in total. The van der Waals surface area contributed by atoms with Crippen LogP contribution in [0.2, 0.25) is 0 Å². The molecule has 2 heterocycles. The van der Waals surface area contributed by atoms with Gasteiger partial charge in [0.2, 0.25) is 11.8 Å². The van der Waals surface area contributed by atoms with Gasteiger partial charge in [-0.3, -0.25) is 9.59 Å². The quantitative estimate of drug-likeness (QED) is 0.508. The van der Waals surface area contributed by atoms with Gasteiger partial charge in [-0.2, -0.15) is 0 Å². The highest BCUT2D eigenvalue weighted by molar-refractivity contribution is 7.13. The maximum absolute atomic E-state index is 13.1. The summed E-state index contributed by atoms with van der Waals surface area (Å²) in [5, 5.41) is 24.4. The van der Waals surface area contributed by atoms with Gasteiger partial charge in [-0.15, -0.1) is 11.3 Å². The maximum atomic E-state index is 13.1. The number of nitrogens with one attached hydrogen (secondary N) is 2. The molecule has 0 spiro atoms. The molecule has 1 fully saturated rings. The van der Waals surface area contributed by atoms with Crippen LogP contribution >= 0.6 is 11.3 Å². The van der Waals surface area contributed by atoms with Crippen LogP contribution in [0.25, 0.3) is 10.4 Å². The van der Waals surface area contributed by atoms with E-state index in [1.807, 2.05) is 31.2 Å². The number of amides is 3. The van der Waals surface area contributed by atoms with Crippen LogP contribution < -0.4 is 10.6 Å². The van der Waals surface area contributed by atoms with Crippen LogP contribution in [0, 0.1) is 12.3 Å². The van der Waals surface area contributed by atoms with Crippen molar-refractivity contribution >= 4 is 29.2 Å². The number of carbonyl (C=O) groups excluding carboxylic acids is 2. The lowest BCUT2D eigenvalue weighted by molar-refractivity contribution is -0.142. The van der Waals surface area contributed by atoms with Crippen molar-refractivity contribution in [2.45, 2.75) is 58.8 Å². The molecule has 3 amide bonds. The van der Waals surface area contributed by atoms with Gasteiger partial charge < -0.3 is 25.7 Å². The Morgan fingerprint density at radius 2 is 1.91 bits per heavy atom. The second-order valence-corrected chi connectivity index (χ2v) is 10.2. The van der Waals surface area contributed by atoms with Crippen LogP contribution in [0.3, 0.4) is 0 Å². The Kier molecular flexibility index (Phi) is 7.38. The number of benzene rings is 1. The summed E-state index contributed by atoms with van der Waals surface area (Å²) >= 11 is 1.57. The zero-order chi connectivity index (χ0) is 24.3. The fourth-order valence-corrected chi connectivity index (χ4v) is 4.72. The molecular formula is C23H30N4O5S. The number of aryl methyl sites for hydroxylation is 1. The molecule has 1 aliphatic heterocycles. The number of nitrogens with zero attached hydrogens (tertiary/aromatic N) is 2. The van der Waals surface area contributed by atoms with E-state index in [0.717, 1.165) is 21.7 Å². The third-order valence-electron chi connectivity index (χ3n) is 5.67. The maximum Gasteiger partial charge on any atom is 0.405 e. The third-order valence-corrected chi connectivity index (χ3v) is 6.65. The fraction of sp³-hybridized carbons (Fsp3) is 0.478. The average Bonchev–Trinajstić information content (AvgIpc) is 3.35. The Morgan fingerprint density at radius 1 is 1.24 bits per heavy atom. The number of carbonyl (C=O) groups is 3. The van der Waals surface area contributed by atoms with Gasteiger partial charge in [0.15, 0.2) is 0 Å². The molecule has 1 aliphatic rings. The lowest BCUT2D eigenvalue weighted by atomic mass is 9.85. The zero-order valence-electron chi connectivity index (χ0n) is 19.2. The summed E-state index contributed by atoms with van der Waals surface area (Å²) in [5.74, 6) is -0.906. The van der Waals surface area contributed by atoms with Crippen LogP contribution in [0.15, 0.2) is 29.8 Å². The largest absolute Gasteiger partial charge is 0.465 e. The molecule has 1 aromatic heterocycles. The fourth-order valence-electron chi connectivity index (χ4n) is 3.90. The Hall–Kier alpha value is -2.98. The zero-order valence-corrected chi connectivity index (χ0v) is 20.0. The molecule has 1 aromatic carbocycles. The normalized spacial score (nSPS) is 19.2. The Labute approximate surface area is 196 Å². The first-order valence-electron chi connectivity index (χ1n) is 10.7. The molecule has 3 atom stereocenters. The Morgan fingerprint density at radius 3 is 2.45 bits per heavy atom. The van der Waals surface area contributed by atoms with Crippen molar-refractivity contribution < 1.29 is 24.6 Å². The first kappa shape index (κ1) is 24.7. The smallest absolute Gasteiger partial charge is 0.405 e. The highest BCUT2D eigenvalue weighted by Gasteiger charge is 2.44. The number of hydrogen-bond donors (Lipinski definition) is 4. The molecular weight excluding hydrogens is 444 g/mol. The van der Waals surface area contributed by atoms with Crippen molar-refractivity contribution in [3.8, 4) is 10.4 Å². The number of thiazole rings is 1. The summed E-state index contributed by atoms with van der Waals surface area (Å²) in [6.07, 6.45) is -2.07. The summed E-state index contributed by atoms with van der Waals surface area (Å²) in [5.41, 5.74) is 4.02. The topological polar surface area (TPSA) is 132 Å². The molecule has 1 unspecified atom stereocenters. The van der Waals surface area contributed by atoms with Gasteiger partial charge in [-0.05, 0) is 23.5 Å². The first-order chi connectivity index (χ1) is 15.5. The average molecular weight is 475 g/mol. The Bertz CT molecular complexity index is 1010. The van der Waals surface area contributed by atoms with Crippen molar-refractivity contribution in [1.29, 1.82) is 0 Å². The second-order valence-electron chi connectivity index (χ2n) is 9.33. The summed E-state index contributed by atoms with van der Waals surface area (Å²) in [6, 6.07) is 5.89. The third kappa shape index (κ3) is 5.88. The molecule has 0 aliphatic carbocycles. The van der Waals surface area contributed by atoms with Crippen molar-refractivity contribution in [3.05, 3.63) is 41.0 Å². The monoisotopic (exact) mass is 474 g/mol. The Balaban J connectivity index is 1.67. The summed E-state index contributed by atoms with van der Waals surface area (Å²) < 4.78 is 0. The number of rotatable bonds is 6. The van der Waals surface area contributed by atoms with Crippen LogP contribution in [0.1, 0.15) is 38.4 Å². The standard InChI is InChI=1S/C23H30N4O5S/c1-13-18(33-12-25-13)15-7-5-14(6-8-15)10-24-20(29)17-9-16(28)11-27(17)21(30)19(23(2,3)4)26-22(31)32/h5-8,12,16-17,19,26,28H,9-11H2,1-4H3,(H,24,29)(H,31,32)/t16-,17?,19-/m1/s1. The van der Waals surface area contributed by atoms with Crippen molar-refractivity contribution in [2.24, 2.45) is 5.41 Å². The number of aliphatic hydroxyl groups is 1. The van der Waals surface area contributed by atoms with E-state index in [2.05, 4.69) is 15.6 Å². The van der Waals surface area contributed by atoms with Crippen molar-refractivity contribution in [2.75, 3.05) is 6.54 Å². The minimum absolute atomic E-state index is 0.0201. The molecule has 0 saturated carbocycles. The lowest BCUT2D eigenvalue weighted by Crippen LogP contribution is -2.57. The van der Waals surface area contributed by atoms with Gasteiger partial charge in [-0.25, -0.2) is 9.78 Å². The number of aromatic nitrogens is 1. The molecule has 2 aromatic rings. The van der Waals surface area contributed by atoms with E-state index in [9.17, 15) is 19.5 Å². The molecule has 178 valence electrons. The molecule has 4 N–H and O–H groups in total. The SMILES string of the molecule is Cc1ncsc1-c1ccc(CNC(=O)C2C[C@@H](O)CN2C(=O)[C@@H](NC(=O)O)C(C)(C)C)cc1. The molecule has 1 saturated heterocycles.